The normalized spacial score (nSPS) is 29.0. The molecular formula is C44H81NO13. The SMILES string of the molecule is CCCCCCCCCCCCCCCC/C=C/CC/C=C/C(O)C(COC1OC(CO)C(OC2OC(CO)C(O)C(O)C2O)C(O)C1O)NC(=O)CCCCCC. The summed E-state index contributed by atoms with van der Waals surface area (Å²) in [4.78, 5) is 12.8. The number of nitrogens with one attached hydrogen (secondary N) is 1. The van der Waals surface area contributed by atoms with Crippen molar-refractivity contribution in [1.29, 1.82) is 0 Å². The highest BCUT2D eigenvalue weighted by Crippen LogP contribution is 2.30. The van der Waals surface area contributed by atoms with Crippen LogP contribution in [-0.4, -0.2) is 140 Å². The molecule has 9 N–H and O–H groups in total. The highest BCUT2D eigenvalue weighted by Gasteiger charge is 2.50. The van der Waals surface area contributed by atoms with Crippen LogP contribution < -0.4 is 5.32 Å². The maximum atomic E-state index is 12.8. The molecule has 14 nitrogen and oxygen atoms in total. The molecular weight excluding hydrogens is 750 g/mol. The molecule has 0 spiro atoms. The second-order valence-electron chi connectivity index (χ2n) is 16.2. The van der Waals surface area contributed by atoms with Crippen molar-refractivity contribution < 1.29 is 64.6 Å². The molecule has 0 radical (unpaired) electrons. The van der Waals surface area contributed by atoms with Crippen molar-refractivity contribution in [2.24, 2.45) is 0 Å². The van der Waals surface area contributed by atoms with Gasteiger partial charge in [-0.3, -0.25) is 4.79 Å². The number of hydrogen-bond acceptors (Lipinski definition) is 13. The average Bonchev–Trinajstić information content (AvgIpc) is 3.22. The van der Waals surface area contributed by atoms with E-state index < -0.39 is 86.8 Å². The van der Waals surface area contributed by atoms with Crippen molar-refractivity contribution in [2.45, 2.75) is 229 Å². The van der Waals surface area contributed by atoms with Crippen LogP contribution in [-0.2, 0) is 23.7 Å². The van der Waals surface area contributed by atoms with Crippen LogP contribution >= 0.6 is 0 Å². The van der Waals surface area contributed by atoms with E-state index in [0.717, 1.165) is 32.1 Å². The van der Waals surface area contributed by atoms with Gasteiger partial charge in [0.2, 0.25) is 5.91 Å². The van der Waals surface area contributed by atoms with Crippen LogP contribution in [0, 0.1) is 0 Å². The molecule has 1 amide bonds. The molecule has 0 aromatic rings. The summed E-state index contributed by atoms with van der Waals surface area (Å²) in [5.74, 6) is -0.269. The second kappa shape index (κ2) is 32.2. The minimum absolute atomic E-state index is 0.266. The second-order valence-corrected chi connectivity index (χ2v) is 16.2. The maximum absolute atomic E-state index is 12.8. The van der Waals surface area contributed by atoms with Crippen LogP contribution in [0.5, 0.6) is 0 Å². The zero-order chi connectivity index (χ0) is 42.5. The molecule has 2 rings (SSSR count). The summed E-state index contributed by atoms with van der Waals surface area (Å²) in [6.07, 6.45) is 16.0. The number of carbonyl (C=O) groups excluding carboxylic acids is 1. The Morgan fingerprint density at radius 3 is 1.69 bits per heavy atom. The lowest BCUT2D eigenvalue weighted by Crippen LogP contribution is -2.65. The Morgan fingerprint density at radius 1 is 0.603 bits per heavy atom. The predicted molar refractivity (Wildman–Crippen MR) is 221 cm³/mol. The first-order chi connectivity index (χ1) is 28.1. The number of amides is 1. The van der Waals surface area contributed by atoms with E-state index in [0.29, 0.717) is 12.8 Å². The van der Waals surface area contributed by atoms with E-state index >= 15 is 0 Å². The standard InChI is InChI=1S/C44H81NO13/c1-3-5-7-9-10-11-12-13-14-15-16-17-18-19-20-21-22-23-24-25-27-33(48)32(45-36(49)28-26-8-6-4-2)31-55-43-41(54)39(52)42(35(30-47)57-43)58-44-40(53)38(51)37(50)34(29-46)56-44/h21-22,25,27,32-35,37-44,46-48,50-54H,3-20,23-24,26,28-31H2,1-2H3,(H,45,49)/b22-21+,27-25+. The molecule has 2 fully saturated rings. The van der Waals surface area contributed by atoms with E-state index in [1.54, 1.807) is 6.08 Å². The van der Waals surface area contributed by atoms with E-state index in [1.807, 2.05) is 6.08 Å². The topological polar surface area (TPSA) is 228 Å². The van der Waals surface area contributed by atoms with E-state index in [1.165, 1.54) is 89.9 Å². The zero-order valence-corrected chi connectivity index (χ0v) is 35.5. The summed E-state index contributed by atoms with van der Waals surface area (Å²) in [5, 5.41) is 86.0. The first kappa shape index (κ1) is 52.6. The van der Waals surface area contributed by atoms with Crippen molar-refractivity contribution in [1.82, 2.24) is 5.32 Å². The molecule has 14 heteroatoms. The fourth-order valence-electron chi connectivity index (χ4n) is 7.36. The quantitative estimate of drug-likeness (QED) is 0.0334. The van der Waals surface area contributed by atoms with Crippen molar-refractivity contribution >= 4 is 5.91 Å². The van der Waals surface area contributed by atoms with Gasteiger partial charge in [-0.15, -0.1) is 0 Å². The molecule has 12 unspecified atom stereocenters. The number of aliphatic hydroxyl groups excluding tert-OH is 8. The van der Waals surface area contributed by atoms with Gasteiger partial charge in [0.1, 0.15) is 48.8 Å². The zero-order valence-electron chi connectivity index (χ0n) is 35.5. The number of aliphatic hydroxyl groups is 8. The van der Waals surface area contributed by atoms with Gasteiger partial charge < -0.3 is 65.1 Å². The number of carbonyl (C=O) groups is 1. The summed E-state index contributed by atoms with van der Waals surface area (Å²) < 4.78 is 22.5. The van der Waals surface area contributed by atoms with E-state index in [4.69, 9.17) is 18.9 Å². The minimum Gasteiger partial charge on any atom is -0.394 e. The Morgan fingerprint density at radius 2 is 1.10 bits per heavy atom. The minimum atomic E-state index is -1.79. The molecule has 0 aromatic carbocycles. The van der Waals surface area contributed by atoms with Gasteiger partial charge in [-0.25, -0.2) is 0 Å². The highest BCUT2D eigenvalue weighted by molar-refractivity contribution is 5.76. The Hall–Kier alpha value is -1.53. The van der Waals surface area contributed by atoms with Crippen LogP contribution in [0.1, 0.15) is 155 Å². The number of rotatable bonds is 33. The third-order valence-electron chi connectivity index (χ3n) is 11.1. The van der Waals surface area contributed by atoms with Crippen LogP contribution in [0.4, 0.5) is 0 Å². The Labute approximate surface area is 348 Å². The molecule has 0 saturated carbocycles. The Balaban J connectivity index is 1.80. The molecule has 2 saturated heterocycles. The molecule has 0 bridgehead atoms. The third-order valence-corrected chi connectivity index (χ3v) is 11.1. The first-order valence-electron chi connectivity index (χ1n) is 22.6. The Kier molecular flexibility index (Phi) is 29.2. The van der Waals surface area contributed by atoms with Crippen LogP contribution in [0.3, 0.4) is 0 Å². The van der Waals surface area contributed by atoms with Crippen LogP contribution in [0.25, 0.3) is 0 Å². The highest BCUT2D eigenvalue weighted by atomic mass is 16.7. The van der Waals surface area contributed by atoms with Gasteiger partial charge in [-0.2, -0.15) is 0 Å². The van der Waals surface area contributed by atoms with Gasteiger partial charge in [0, 0.05) is 6.42 Å². The van der Waals surface area contributed by atoms with Gasteiger partial charge in [0.15, 0.2) is 12.6 Å². The lowest BCUT2D eigenvalue weighted by atomic mass is 9.97. The molecule has 340 valence electrons. The number of unbranched alkanes of at least 4 members (excludes halogenated alkanes) is 18. The van der Waals surface area contributed by atoms with Gasteiger partial charge in [-0.05, 0) is 32.1 Å². The van der Waals surface area contributed by atoms with Gasteiger partial charge in [-0.1, -0.05) is 141 Å². The number of allylic oxidation sites excluding steroid dienone is 3. The van der Waals surface area contributed by atoms with Gasteiger partial charge in [0.05, 0.1) is 32.0 Å². The summed E-state index contributed by atoms with van der Waals surface area (Å²) >= 11 is 0. The molecule has 2 aliphatic rings. The van der Waals surface area contributed by atoms with E-state index in [2.05, 4.69) is 31.3 Å². The van der Waals surface area contributed by atoms with E-state index in [-0.39, 0.29) is 18.9 Å². The predicted octanol–water partition coefficient (Wildman–Crippen LogP) is 4.21. The van der Waals surface area contributed by atoms with Crippen LogP contribution in [0.15, 0.2) is 24.3 Å². The Bertz CT molecular complexity index is 1080. The fraction of sp³-hybridized carbons (Fsp3) is 0.886. The molecule has 0 aliphatic carbocycles. The number of ether oxygens (including phenoxy) is 4. The van der Waals surface area contributed by atoms with Crippen molar-refractivity contribution in [3.05, 3.63) is 24.3 Å². The molecule has 2 aliphatic heterocycles. The largest absolute Gasteiger partial charge is 0.394 e. The lowest BCUT2D eigenvalue weighted by Gasteiger charge is -2.46. The maximum Gasteiger partial charge on any atom is 0.220 e. The van der Waals surface area contributed by atoms with Crippen molar-refractivity contribution in [3.8, 4) is 0 Å². The van der Waals surface area contributed by atoms with Crippen LogP contribution in [0.2, 0.25) is 0 Å². The van der Waals surface area contributed by atoms with Crippen molar-refractivity contribution in [2.75, 3.05) is 19.8 Å². The van der Waals surface area contributed by atoms with Gasteiger partial charge >= 0.3 is 0 Å². The molecule has 2 heterocycles. The number of hydrogen-bond donors (Lipinski definition) is 9. The van der Waals surface area contributed by atoms with Gasteiger partial charge in [0.25, 0.3) is 0 Å². The first-order valence-corrected chi connectivity index (χ1v) is 22.6. The fourth-order valence-corrected chi connectivity index (χ4v) is 7.36. The summed E-state index contributed by atoms with van der Waals surface area (Å²) in [7, 11) is 0. The summed E-state index contributed by atoms with van der Waals surface area (Å²) in [6, 6.07) is -0.922. The molecule has 58 heavy (non-hydrogen) atoms. The van der Waals surface area contributed by atoms with E-state index in [9.17, 15) is 45.6 Å². The molecule has 12 atom stereocenters. The summed E-state index contributed by atoms with van der Waals surface area (Å²) in [6.45, 7) is 2.61. The van der Waals surface area contributed by atoms with Crippen molar-refractivity contribution in [3.63, 3.8) is 0 Å². The molecule has 0 aromatic heterocycles. The average molecular weight is 832 g/mol. The monoisotopic (exact) mass is 832 g/mol. The lowest BCUT2D eigenvalue weighted by molar-refractivity contribution is -0.359. The third kappa shape index (κ3) is 20.4. The smallest absolute Gasteiger partial charge is 0.220 e. The summed E-state index contributed by atoms with van der Waals surface area (Å²) in [5.41, 5.74) is 0.